The Bertz CT molecular complexity index is 924. The first-order valence-electron chi connectivity index (χ1n) is 9.10. The van der Waals surface area contributed by atoms with Crippen LogP contribution in [0.1, 0.15) is 22.6 Å². The minimum atomic E-state index is 0.0356. The van der Waals surface area contributed by atoms with Gasteiger partial charge in [0.15, 0.2) is 0 Å². The van der Waals surface area contributed by atoms with E-state index in [4.69, 9.17) is 16.6 Å². The van der Waals surface area contributed by atoms with Crippen molar-refractivity contribution in [3.8, 4) is 10.6 Å². The Morgan fingerprint density at radius 1 is 1.19 bits per heavy atom. The van der Waals surface area contributed by atoms with E-state index in [0.29, 0.717) is 6.54 Å². The van der Waals surface area contributed by atoms with Gasteiger partial charge in [0.1, 0.15) is 5.01 Å². The standard InChI is InChI=1S/C21H20ClN3OS/c22-17-4-1-14(2-5-17)7-12-24-20(26)16-3-6-18-19(13-16)27-21(25-18)15-8-10-23-11-9-15/h1-2,4-5,8-11,16H,3,6-7,12-13H2,(H,24,26). The van der Waals surface area contributed by atoms with Crippen LogP contribution < -0.4 is 5.32 Å². The number of benzene rings is 1. The molecular formula is C21H20ClN3OS. The Morgan fingerprint density at radius 3 is 2.74 bits per heavy atom. The van der Waals surface area contributed by atoms with Gasteiger partial charge in [-0.25, -0.2) is 4.98 Å². The number of pyridine rings is 1. The number of thiazole rings is 1. The molecule has 0 radical (unpaired) electrons. The van der Waals surface area contributed by atoms with Crippen LogP contribution in [0.3, 0.4) is 0 Å². The molecule has 0 spiro atoms. The molecule has 1 aliphatic carbocycles. The normalized spacial score (nSPS) is 16.0. The second kappa shape index (κ2) is 8.19. The van der Waals surface area contributed by atoms with Gasteiger partial charge in [-0.3, -0.25) is 9.78 Å². The van der Waals surface area contributed by atoms with Gasteiger partial charge >= 0.3 is 0 Å². The number of nitrogens with one attached hydrogen (secondary N) is 1. The molecule has 0 saturated carbocycles. The molecule has 1 unspecified atom stereocenters. The summed E-state index contributed by atoms with van der Waals surface area (Å²) in [6.45, 7) is 0.648. The number of carbonyl (C=O) groups is 1. The molecule has 6 heteroatoms. The largest absolute Gasteiger partial charge is 0.356 e. The average molecular weight is 398 g/mol. The maximum absolute atomic E-state index is 12.6. The molecule has 1 N–H and O–H groups in total. The molecule has 4 nitrogen and oxygen atoms in total. The molecule has 4 rings (SSSR count). The van der Waals surface area contributed by atoms with E-state index < -0.39 is 0 Å². The van der Waals surface area contributed by atoms with Gasteiger partial charge in [0, 0.05) is 40.3 Å². The van der Waals surface area contributed by atoms with Crippen LogP contribution in [0.15, 0.2) is 48.8 Å². The van der Waals surface area contributed by atoms with E-state index in [0.717, 1.165) is 47.0 Å². The fourth-order valence-electron chi connectivity index (χ4n) is 3.34. The summed E-state index contributed by atoms with van der Waals surface area (Å²) in [6.07, 6.45) is 6.89. The lowest BCUT2D eigenvalue weighted by Crippen LogP contribution is -2.35. The predicted molar refractivity (Wildman–Crippen MR) is 109 cm³/mol. The van der Waals surface area contributed by atoms with E-state index in [1.165, 1.54) is 10.4 Å². The summed E-state index contributed by atoms with van der Waals surface area (Å²) in [6, 6.07) is 11.7. The van der Waals surface area contributed by atoms with E-state index >= 15 is 0 Å². The van der Waals surface area contributed by atoms with Crippen LogP contribution in [0.5, 0.6) is 0 Å². The molecule has 1 amide bonds. The number of aryl methyl sites for hydroxylation is 1. The quantitative estimate of drug-likeness (QED) is 0.697. The Kier molecular flexibility index (Phi) is 5.50. The maximum Gasteiger partial charge on any atom is 0.223 e. The highest BCUT2D eigenvalue weighted by Gasteiger charge is 2.27. The van der Waals surface area contributed by atoms with Crippen LogP contribution in [0, 0.1) is 5.92 Å². The van der Waals surface area contributed by atoms with E-state index in [1.54, 1.807) is 23.7 Å². The summed E-state index contributed by atoms with van der Waals surface area (Å²) in [7, 11) is 0. The van der Waals surface area contributed by atoms with Gasteiger partial charge in [0.05, 0.1) is 5.69 Å². The fraction of sp³-hybridized carbons (Fsp3) is 0.286. The second-order valence-electron chi connectivity index (χ2n) is 6.73. The lowest BCUT2D eigenvalue weighted by Gasteiger charge is -2.20. The lowest BCUT2D eigenvalue weighted by molar-refractivity contribution is -0.125. The molecule has 0 fully saturated rings. The van der Waals surface area contributed by atoms with Crippen LogP contribution in [0.4, 0.5) is 0 Å². The Labute approximate surface area is 167 Å². The van der Waals surface area contributed by atoms with Crippen LogP contribution in [-0.2, 0) is 24.1 Å². The topological polar surface area (TPSA) is 54.9 Å². The first-order valence-corrected chi connectivity index (χ1v) is 10.3. The third-order valence-corrected chi connectivity index (χ3v) is 6.28. The van der Waals surface area contributed by atoms with Crippen molar-refractivity contribution in [2.24, 2.45) is 5.92 Å². The molecule has 2 heterocycles. The summed E-state index contributed by atoms with van der Waals surface area (Å²) < 4.78 is 0. The van der Waals surface area contributed by atoms with Crippen molar-refractivity contribution in [2.45, 2.75) is 25.7 Å². The Balaban J connectivity index is 1.34. The highest BCUT2D eigenvalue weighted by atomic mass is 35.5. The van der Waals surface area contributed by atoms with Crippen LogP contribution >= 0.6 is 22.9 Å². The summed E-state index contributed by atoms with van der Waals surface area (Å²) in [4.78, 5) is 22.6. The van der Waals surface area contributed by atoms with E-state index in [9.17, 15) is 4.79 Å². The minimum absolute atomic E-state index is 0.0356. The first kappa shape index (κ1) is 18.1. The molecule has 3 aromatic rings. The number of halogens is 1. The third kappa shape index (κ3) is 4.37. The van der Waals surface area contributed by atoms with Gasteiger partial charge in [0.25, 0.3) is 0 Å². The molecule has 0 aliphatic heterocycles. The number of hydrogen-bond acceptors (Lipinski definition) is 4. The second-order valence-corrected chi connectivity index (χ2v) is 8.25. The molecule has 27 heavy (non-hydrogen) atoms. The zero-order chi connectivity index (χ0) is 18.6. The Morgan fingerprint density at radius 2 is 1.96 bits per heavy atom. The van der Waals surface area contributed by atoms with Crippen molar-refractivity contribution in [3.05, 3.63) is 69.9 Å². The van der Waals surface area contributed by atoms with Crippen LogP contribution in [-0.4, -0.2) is 22.4 Å². The van der Waals surface area contributed by atoms with Gasteiger partial charge < -0.3 is 5.32 Å². The summed E-state index contributed by atoms with van der Waals surface area (Å²) in [5.74, 6) is 0.182. The Hall–Kier alpha value is -2.24. The van der Waals surface area contributed by atoms with Crippen molar-refractivity contribution >= 4 is 28.8 Å². The SMILES string of the molecule is O=C(NCCc1ccc(Cl)cc1)C1CCc2nc(-c3ccncc3)sc2C1. The first-order chi connectivity index (χ1) is 13.2. The molecule has 1 aromatic carbocycles. The summed E-state index contributed by atoms with van der Waals surface area (Å²) >= 11 is 7.60. The van der Waals surface area contributed by atoms with Crippen molar-refractivity contribution in [2.75, 3.05) is 6.54 Å². The van der Waals surface area contributed by atoms with Gasteiger partial charge in [-0.15, -0.1) is 11.3 Å². The maximum atomic E-state index is 12.6. The number of amides is 1. The van der Waals surface area contributed by atoms with Crippen molar-refractivity contribution in [3.63, 3.8) is 0 Å². The van der Waals surface area contributed by atoms with Gasteiger partial charge in [-0.05, 0) is 55.5 Å². The van der Waals surface area contributed by atoms with Crippen LogP contribution in [0.25, 0.3) is 10.6 Å². The third-order valence-electron chi connectivity index (χ3n) is 4.86. The number of nitrogens with zero attached hydrogens (tertiary/aromatic N) is 2. The molecular weight excluding hydrogens is 378 g/mol. The van der Waals surface area contributed by atoms with Gasteiger partial charge in [-0.2, -0.15) is 0 Å². The molecule has 138 valence electrons. The van der Waals surface area contributed by atoms with Gasteiger partial charge in [-0.1, -0.05) is 23.7 Å². The van der Waals surface area contributed by atoms with Gasteiger partial charge in [0.2, 0.25) is 5.91 Å². The molecule has 1 aliphatic rings. The number of fused-ring (bicyclic) bond motifs is 1. The number of hydrogen-bond donors (Lipinski definition) is 1. The summed E-state index contributed by atoms with van der Waals surface area (Å²) in [5.41, 5.74) is 3.42. The number of carbonyl (C=O) groups excluding carboxylic acids is 1. The predicted octanol–water partition coefficient (Wildman–Crippen LogP) is 4.32. The fourth-order valence-corrected chi connectivity index (χ4v) is 4.66. The van der Waals surface area contributed by atoms with E-state index in [-0.39, 0.29) is 11.8 Å². The van der Waals surface area contributed by atoms with Crippen molar-refractivity contribution in [1.29, 1.82) is 0 Å². The van der Waals surface area contributed by atoms with Crippen molar-refractivity contribution in [1.82, 2.24) is 15.3 Å². The lowest BCUT2D eigenvalue weighted by atomic mass is 9.90. The zero-order valence-corrected chi connectivity index (χ0v) is 16.4. The van der Waals surface area contributed by atoms with E-state index in [2.05, 4.69) is 10.3 Å². The number of aromatic nitrogens is 2. The summed E-state index contributed by atoms with van der Waals surface area (Å²) in [5, 5.41) is 4.84. The molecule has 1 atom stereocenters. The molecule has 0 bridgehead atoms. The van der Waals surface area contributed by atoms with Crippen molar-refractivity contribution < 1.29 is 4.79 Å². The highest BCUT2D eigenvalue weighted by molar-refractivity contribution is 7.15. The average Bonchev–Trinajstić information content (AvgIpc) is 3.13. The zero-order valence-electron chi connectivity index (χ0n) is 14.8. The van der Waals surface area contributed by atoms with E-state index in [1.807, 2.05) is 36.4 Å². The number of rotatable bonds is 5. The molecule has 2 aromatic heterocycles. The highest BCUT2D eigenvalue weighted by Crippen LogP contribution is 2.34. The minimum Gasteiger partial charge on any atom is -0.356 e. The van der Waals surface area contributed by atoms with Crippen LogP contribution in [0.2, 0.25) is 5.02 Å². The monoisotopic (exact) mass is 397 g/mol. The smallest absolute Gasteiger partial charge is 0.223 e. The molecule has 0 saturated heterocycles.